The summed E-state index contributed by atoms with van der Waals surface area (Å²) in [5.41, 5.74) is 0.0846. The zero-order valence-electron chi connectivity index (χ0n) is 9.41. The van der Waals surface area contributed by atoms with E-state index in [2.05, 4.69) is 6.92 Å². The van der Waals surface area contributed by atoms with Gasteiger partial charge >= 0.3 is 0 Å². The molecule has 0 rings (SSSR count). The molecule has 0 aromatic carbocycles. The molecule has 0 radical (unpaired) electrons. The first-order valence-corrected chi connectivity index (χ1v) is 6.37. The Bertz CT molecular complexity index is 146. The van der Waals surface area contributed by atoms with Crippen LogP contribution in [0.25, 0.3) is 0 Å². The van der Waals surface area contributed by atoms with Crippen LogP contribution in [0.3, 0.4) is 0 Å². The van der Waals surface area contributed by atoms with Crippen molar-refractivity contribution in [2.75, 3.05) is 6.61 Å². The predicted molar refractivity (Wildman–Crippen MR) is 66.7 cm³/mol. The Labute approximate surface area is 96.7 Å². The number of thioether (sulfide) groups is 1. The third-order valence-corrected chi connectivity index (χ3v) is 2.80. The topological polar surface area (TPSA) is 18.5 Å². The molecule has 0 aliphatic heterocycles. The second kappa shape index (κ2) is 8.50. The molecule has 4 heteroatoms. The first-order valence-electron chi connectivity index (χ1n) is 5.09. The Morgan fingerprint density at radius 2 is 2.00 bits per heavy atom. The molecule has 2 unspecified atom stereocenters. The third-order valence-electron chi connectivity index (χ3n) is 1.66. The van der Waals surface area contributed by atoms with E-state index in [0.29, 0.717) is 11.0 Å². The van der Waals surface area contributed by atoms with Crippen LogP contribution in [0.1, 0.15) is 40.5 Å². The Kier molecular flexibility index (Phi) is 8.63. The van der Waals surface area contributed by atoms with Crippen LogP contribution in [0.4, 0.5) is 0 Å². The van der Waals surface area contributed by atoms with Crippen molar-refractivity contribution >= 4 is 28.4 Å². The highest BCUT2D eigenvalue weighted by atomic mass is 32.2. The molecule has 0 spiro atoms. The molecule has 0 amide bonds. The van der Waals surface area contributed by atoms with E-state index in [9.17, 15) is 0 Å². The third kappa shape index (κ3) is 7.59. The number of ether oxygens (including phenoxy) is 2. The van der Waals surface area contributed by atoms with Crippen molar-refractivity contribution in [3.05, 3.63) is 0 Å². The van der Waals surface area contributed by atoms with Crippen molar-refractivity contribution < 1.29 is 9.47 Å². The molecule has 0 saturated heterocycles. The normalized spacial score (nSPS) is 14.9. The molecular weight excluding hydrogens is 216 g/mol. The average Bonchev–Trinajstić information content (AvgIpc) is 2.03. The fourth-order valence-electron chi connectivity index (χ4n) is 1.06. The maximum Gasteiger partial charge on any atom is 0.222 e. The average molecular weight is 236 g/mol. The first-order chi connectivity index (χ1) is 6.60. The van der Waals surface area contributed by atoms with Gasteiger partial charge in [0.2, 0.25) is 4.38 Å². The molecule has 0 aromatic rings. The highest BCUT2D eigenvalue weighted by Crippen LogP contribution is 2.17. The van der Waals surface area contributed by atoms with Crippen molar-refractivity contribution in [1.82, 2.24) is 0 Å². The van der Waals surface area contributed by atoms with Crippen LogP contribution in [-0.2, 0) is 9.47 Å². The van der Waals surface area contributed by atoms with Crippen LogP contribution in [0.2, 0.25) is 0 Å². The zero-order chi connectivity index (χ0) is 11.0. The molecule has 14 heavy (non-hydrogen) atoms. The molecule has 0 aliphatic carbocycles. The fraction of sp³-hybridized carbons (Fsp3) is 0.900. The highest BCUT2D eigenvalue weighted by molar-refractivity contribution is 8.22. The summed E-state index contributed by atoms with van der Waals surface area (Å²) in [5, 5.41) is 0. The smallest absolute Gasteiger partial charge is 0.222 e. The van der Waals surface area contributed by atoms with Gasteiger partial charge in [-0.15, -0.1) is 0 Å². The SMILES string of the molecule is CCCC(C)OC(=S)SC(C)OCC. The lowest BCUT2D eigenvalue weighted by atomic mass is 10.2. The van der Waals surface area contributed by atoms with E-state index in [4.69, 9.17) is 21.7 Å². The summed E-state index contributed by atoms with van der Waals surface area (Å²) in [5.74, 6) is 0. The number of hydrogen-bond acceptors (Lipinski definition) is 4. The Morgan fingerprint density at radius 3 is 2.50 bits per heavy atom. The van der Waals surface area contributed by atoms with E-state index < -0.39 is 0 Å². The maximum absolute atomic E-state index is 5.52. The van der Waals surface area contributed by atoms with Crippen molar-refractivity contribution in [2.45, 2.75) is 52.1 Å². The van der Waals surface area contributed by atoms with Crippen molar-refractivity contribution in [3.8, 4) is 0 Å². The maximum atomic E-state index is 5.52. The minimum atomic E-state index is 0.0846. The van der Waals surface area contributed by atoms with Crippen LogP contribution in [-0.4, -0.2) is 22.5 Å². The summed E-state index contributed by atoms with van der Waals surface area (Å²) >= 11 is 6.56. The lowest BCUT2D eigenvalue weighted by molar-refractivity contribution is 0.137. The summed E-state index contributed by atoms with van der Waals surface area (Å²) < 4.78 is 11.5. The minimum absolute atomic E-state index is 0.0846. The zero-order valence-corrected chi connectivity index (χ0v) is 11.0. The highest BCUT2D eigenvalue weighted by Gasteiger charge is 2.10. The molecule has 0 saturated carbocycles. The lowest BCUT2D eigenvalue weighted by Gasteiger charge is -2.16. The predicted octanol–water partition coefficient (Wildman–Crippen LogP) is 3.59. The van der Waals surface area contributed by atoms with E-state index in [1.54, 1.807) is 0 Å². The summed E-state index contributed by atoms with van der Waals surface area (Å²) in [4.78, 5) is 0. The molecule has 2 nitrogen and oxygen atoms in total. The van der Waals surface area contributed by atoms with Crippen LogP contribution in [0.15, 0.2) is 0 Å². The van der Waals surface area contributed by atoms with Gasteiger partial charge < -0.3 is 9.47 Å². The van der Waals surface area contributed by atoms with Crippen molar-refractivity contribution in [2.24, 2.45) is 0 Å². The molecule has 0 aromatic heterocycles. The van der Waals surface area contributed by atoms with Crippen molar-refractivity contribution in [3.63, 3.8) is 0 Å². The van der Waals surface area contributed by atoms with Gasteiger partial charge in [-0.25, -0.2) is 0 Å². The Balaban J connectivity index is 3.63. The van der Waals surface area contributed by atoms with Gasteiger partial charge in [-0.1, -0.05) is 13.3 Å². The summed E-state index contributed by atoms with van der Waals surface area (Å²) in [7, 11) is 0. The Morgan fingerprint density at radius 1 is 1.36 bits per heavy atom. The van der Waals surface area contributed by atoms with E-state index >= 15 is 0 Å². The molecule has 0 aliphatic rings. The van der Waals surface area contributed by atoms with Gasteiger partial charge in [-0.2, -0.15) is 0 Å². The van der Waals surface area contributed by atoms with Crippen LogP contribution in [0, 0.1) is 0 Å². The second-order valence-corrected chi connectivity index (χ2v) is 5.01. The van der Waals surface area contributed by atoms with E-state index in [1.807, 2.05) is 20.8 Å². The van der Waals surface area contributed by atoms with Crippen molar-refractivity contribution in [1.29, 1.82) is 0 Å². The van der Waals surface area contributed by atoms with Crippen LogP contribution in [0.5, 0.6) is 0 Å². The molecule has 0 bridgehead atoms. The largest absolute Gasteiger partial charge is 0.476 e. The first kappa shape index (κ1) is 14.2. The van der Waals surface area contributed by atoms with E-state index in [0.717, 1.165) is 12.8 Å². The van der Waals surface area contributed by atoms with E-state index in [1.165, 1.54) is 11.8 Å². The van der Waals surface area contributed by atoms with Gasteiger partial charge in [-0.05, 0) is 51.2 Å². The van der Waals surface area contributed by atoms with Gasteiger partial charge in [0.25, 0.3) is 0 Å². The number of thiocarbonyl (C=S) groups is 1. The number of rotatable bonds is 6. The molecule has 0 N–H and O–H groups in total. The minimum Gasteiger partial charge on any atom is -0.476 e. The van der Waals surface area contributed by atoms with Gasteiger partial charge in [0.05, 0.1) is 6.10 Å². The van der Waals surface area contributed by atoms with Gasteiger partial charge in [0.15, 0.2) is 0 Å². The number of hydrogen-bond donors (Lipinski definition) is 0. The fourth-order valence-corrected chi connectivity index (χ4v) is 2.33. The summed E-state index contributed by atoms with van der Waals surface area (Å²) in [6.07, 6.45) is 2.38. The van der Waals surface area contributed by atoms with Gasteiger partial charge in [0.1, 0.15) is 5.44 Å². The van der Waals surface area contributed by atoms with Crippen LogP contribution >= 0.6 is 24.0 Å². The summed E-state index contributed by atoms with van der Waals surface area (Å²) in [6, 6.07) is 0. The molecule has 2 atom stereocenters. The van der Waals surface area contributed by atoms with Gasteiger partial charge in [0, 0.05) is 6.61 Å². The van der Waals surface area contributed by atoms with Crippen LogP contribution < -0.4 is 0 Å². The second-order valence-electron chi connectivity index (χ2n) is 3.11. The Hall–Kier alpha value is 0.200. The van der Waals surface area contributed by atoms with E-state index in [-0.39, 0.29) is 11.5 Å². The quantitative estimate of drug-likeness (QED) is 0.518. The van der Waals surface area contributed by atoms with Gasteiger partial charge in [-0.3, -0.25) is 0 Å². The molecular formula is C10H20O2S2. The monoisotopic (exact) mass is 236 g/mol. The molecule has 84 valence electrons. The summed E-state index contributed by atoms with van der Waals surface area (Å²) in [6.45, 7) is 8.84. The standard InChI is InChI=1S/C10H20O2S2/c1-5-7-8(3)12-10(13)14-9(4)11-6-2/h8-9H,5-7H2,1-4H3. The molecule has 0 heterocycles. The lowest BCUT2D eigenvalue weighted by Crippen LogP contribution is -2.14. The molecule has 0 fully saturated rings.